The van der Waals surface area contributed by atoms with E-state index in [1.165, 1.54) is 0 Å². The molecule has 0 bridgehead atoms. The number of hydrogen-bond donors (Lipinski definition) is 1. The average Bonchev–Trinajstić information content (AvgIpc) is 2.00. The highest BCUT2D eigenvalue weighted by molar-refractivity contribution is 6.21. The number of aliphatic hydroxyl groups excluding tert-OH is 1. The van der Waals surface area contributed by atoms with Crippen LogP contribution < -0.4 is 0 Å². The van der Waals surface area contributed by atoms with Gasteiger partial charge in [-0.05, 0) is 5.92 Å². The van der Waals surface area contributed by atoms with Crippen LogP contribution in [-0.2, 0) is 4.79 Å². The van der Waals surface area contributed by atoms with Gasteiger partial charge in [0.1, 0.15) is 5.78 Å². The highest BCUT2D eigenvalue weighted by Gasteiger charge is 2.28. The molecule has 0 rings (SSSR count). The smallest absolute Gasteiger partial charge is 0.140 e. The molecule has 1 N–H and O–H groups in total. The molecule has 0 radical (unpaired) electrons. The lowest BCUT2D eigenvalue weighted by Crippen LogP contribution is -2.32. The Bertz CT molecular complexity index is 194. The zero-order valence-corrected chi connectivity index (χ0v) is 10.4. The normalized spacial score (nSPS) is 16.9. The Labute approximate surface area is 91.6 Å². The predicted molar refractivity (Wildman–Crippen MR) is 59.6 cm³/mol. The quantitative estimate of drug-likeness (QED) is 0.740. The maximum atomic E-state index is 11.6. The second-order valence-corrected chi connectivity index (χ2v) is 5.64. The molecule has 2 nitrogen and oxygen atoms in total. The minimum Gasteiger partial charge on any atom is -0.391 e. The summed E-state index contributed by atoms with van der Waals surface area (Å²) in [5.74, 6) is 0.232. The van der Waals surface area contributed by atoms with E-state index in [9.17, 15) is 9.90 Å². The lowest BCUT2D eigenvalue weighted by molar-refractivity contribution is -0.128. The Morgan fingerprint density at radius 3 is 2.07 bits per heavy atom. The number of carbonyl (C=O) groups is 1. The zero-order valence-electron chi connectivity index (χ0n) is 9.67. The minimum absolute atomic E-state index is 0.0521. The Morgan fingerprint density at radius 2 is 1.79 bits per heavy atom. The maximum Gasteiger partial charge on any atom is 0.140 e. The van der Waals surface area contributed by atoms with Gasteiger partial charge < -0.3 is 5.11 Å². The molecule has 2 atom stereocenters. The van der Waals surface area contributed by atoms with Crippen molar-refractivity contribution in [1.82, 2.24) is 0 Å². The second-order valence-electron chi connectivity index (χ2n) is 5.13. The Balaban J connectivity index is 4.20. The van der Waals surface area contributed by atoms with Gasteiger partial charge in [0.05, 0.1) is 11.5 Å². The monoisotopic (exact) mass is 220 g/mol. The number of alkyl halides is 1. The summed E-state index contributed by atoms with van der Waals surface area (Å²) < 4.78 is 0. The Kier molecular flexibility index (Phi) is 5.10. The number of aliphatic hydroxyl groups is 1. The molecule has 0 fully saturated rings. The second kappa shape index (κ2) is 5.13. The Morgan fingerprint density at radius 1 is 1.36 bits per heavy atom. The molecule has 0 spiro atoms. The van der Waals surface area contributed by atoms with E-state index in [1.54, 1.807) is 0 Å². The minimum atomic E-state index is -0.733. The van der Waals surface area contributed by atoms with Gasteiger partial charge in [0, 0.05) is 11.8 Å². The third-order valence-corrected chi connectivity index (χ3v) is 3.03. The zero-order chi connectivity index (χ0) is 11.5. The van der Waals surface area contributed by atoms with Gasteiger partial charge in [0.2, 0.25) is 0 Å². The maximum absolute atomic E-state index is 11.6. The van der Waals surface area contributed by atoms with Gasteiger partial charge in [-0.3, -0.25) is 4.79 Å². The summed E-state index contributed by atoms with van der Waals surface area (Å²) in [5, 5.41) is 9.32. The standard InChI is InChI=1S/C11H21ClO2/c1-7(2)10(12)8(13)6-9(14)11(3,4)5/h7-8,10,13H,6H2,1-5H3/t8-,10-/m0/s1. The summed E-state index contributed by atoms with van der Waals surface area (Å²) in [7, 11) is 0. The number of halogens is 1. The fourth-order valence-electron chi connectivity index (χ4n) is 1.05. The molecule has 0 aliphatic heterocycles. The van der Waals surface area contributed by atoms with Gasteiger partial charge >= 0.3 is 0 Å². The van der Waals surface area contributed by atoms with Crippen LogP contribution in [-0.4, -0.2) is 22.4 Å². The molecule has 3 heteroatoms. The van der Waals surface area contributed by atoms with Crippen molar-refractivity contribution in [3.8, 4) is 0 Å². The first-order valence-electron chi connectivity index (χ1n) is 5.01. The number of ketones is 1. The van der Waals surface area contributed by atoms with E-state index in [0.29, 0.717) is 0 Å². The van der Waals surface area contributed by atoms with Crippen molar-refractivity contribution in [2.24, 2.45) is 11.3 Å². The molecule has 0 aliphatic rings. The largest absolute Gasteiger partial charge is 0.391 e. The summed E-state index contributed by atoms with van der Waals surface area (Å²) >= 11 is 5.96. The van der Waals surface area contributed by atoms with Crippen molar-refractivity contribution >= 4 is 17.4 Å². The van der Waals surface area contributed by atoms with Gasteiger partial charge in [-0.15, -0.1) is 11.6 Å². The molecule has 0 aromatic heterocycles. The van der Waals surface area contributed by atoms with Crippen molar-refractivity contribution in [3.63, 3.8) is 0 Å². The van der Waals surface area contributed by atoms with Crippen molar-refractivity contribution in [1.29, 1.82) is 0 Å². The van der Waals surface area contributed by atoms with Gasteiger partial charge in [-0.1, -0.05) is 34.6 Å². The third kappa shape index (κ3) is 4.43. The molecular formula is C11H21ClO2. The topological polar surface area (TPSA) is 37.3 Å². The highest BCUT2D eigenvalue weighted by atomic mass is 35.5. The van der Waals surface area contributed by atoms with Crippen LogP contribution in [0.1, 0.15) is 41.0 Å². The molecule has 0 saturated heterocycles. The summed E-state index contributed by atoms with van der Waals surface area (Å²) in [6.07, 6.45) is -0.584. The summed E-state index contributed by atoms with van der Waals surface area (Å²) in [6, 6.07) is 0. The van der Waals surface area contributed by atoms with Crippen LogP contribution in [0.3, 0.4) is 0 Å². The van der Waals surface area contributed by atoms with Crippen LogP contribution in [0.4, 0.5) is 0 Å². The number of carbonyl (C=O) groups excluding carboxylic acids is 1. The highest BCUT2D eigenvalue weighted by Crippen LogP contribution is 2.22. The van der Waals surface area contributed by atoms with Gasteiger partial charge in [-0.25, -0.2) is 0 Å². The van der Waals surface area contributed by atoms with E-state index in [2.05, 4.69) is 0 Å². The first-order chi connectivity index (χ1) is 6.16. The molecule has 0 amide bonds. The van der Waals surface area contributed by atoms with Crippen LogP contribution in [0.25, 0.3) is 0 Å². The first-order valence-corrected chi connectivity index (χ1v) is 5.45. The number of hydrogen-bond acceptors (Lipinski definition) is 2. The fourth-order valence-corrected chi connectivity index (χ4v) is 1.14. The Hall–Kier alpha value is -0.0800. The molecule has 0 aliphatic carbocycles. The van der Waals surface area contributed by atoms with Crippen molar-refractivity contribution in [3.05, 3.63) is 0 Å². The van der Waals surface area contributed by atoms with Crippen LogP contribution >= 0.6 is 11.6 Å². The third-order valence-electron chi connectivity index (χ3n) is 2.24. The van der Waals surface area contributed by atoms with Crippen LogP contribution in [0.15, 0.2) is 0 Å². The first kappa shape index (κ1) is 13.9. The molecule has 0 heterocycles. The van der Waals surface area contributed by atoms with Crippen LogP contribution in [0.2, 0.25) is 0 Å². The van der Waals surface area contributed by atoms with Crippen molar-refractivity contribution < 1.29 is 9.90 Å². The van der Waals surface area contributed by atoms with E-state index in [0.717, 1.165) is 0 Å². The molecule has 84 valence electrons. The predicted octanol–water partition coefficient (Wildman–Crippen LogP) is 2.62. The fraction of sp³-hybridized carbons (Fsp3) is 0.909. The van der Waals surface area contributed by atoms with Crippen LogP contribution in [0.5, 0.6) is 0 Å². The number of Topliss-reactive ketones (excluding diaryl/α,β-unsaturated/α-hetero) is 1. The lowest BCUT2D eigenvalue weighted by atomic mass is 9.86. The SMILES string of the molecule is CC(C)[C@H](Cl)[C@@H](O)CC(=O)C(C)(C)C. The van der Waals surface area contributed by atoms with E-state index in [4.69, 9.17) is 11.6 Å². The van der Waals surface area contributed by atoms with Crippen LogP contribution in [0, 0.1) is 11.3 Å². The van der Waals surface area contributed by atoms with E-state index < -0.39 is 11.5 Å². The molecule has 0 saturated carbocycles. The van der Waals surface area contributed by atoms with Crippen molar-refractivity contribution in [2.75, 3.05) is 0 Å². The molecule has 0 aromatic rings. The summed E-state index contributed by atoms with van der Waals surface area (Å²) in [5.41, 5.74) is -0.394. The van der Waals surface area contributed by atoms with E-state index in [-0.39, 0.29) is 23.5 Å². The lowest BCUT2D eigenvalue weighted by Gasteiger charge is -2.23. The van der Waals surface area contributed by atoms with E-state index in [1.807, 2.05) is 34.6 Å². The molecular weight excluding hydrogens is 200 g/mol. The van der Waals surface area contributed by atoms with E-state index >= 15 is 0 Å². The van der Waals surface area contributed by atoms with Crippen molar-refractivity contribution in [2.45, 2.75) is 52.5 Å². The average molecular weight is 221 g/mol. The van der Waals surface area contributed by atoms with Gasteiger partial charge in [-0.2, -0.15) is 0 Å². The summed E-state index contributed by atoms with van der Waals surface area (Å²) in [4.78, 5) is 11.6. The van der Waals surface area contributed by atoms with Gasteiger partial charge in [0.15, 0.2) is 0 Å². The molecule has 0 aromatic carbocycles. The number of rotatable bonds is 4. The molecule has 14 heavy (non-hydrogen) atoms. The molecule has 0 unspecified atom stereocenters. The van der Waals surface area contributed by atoms with Gasteiger partial charge in [0.25, 0.3) is 0 Å². The summed E-state index contributed by atoms with van der Waals surface area (Å²) in [6.45, 7) is 9.41.